The zero-order chi connectivity index (χ0) is 15.8. The van der Waals surface area contributed by atoms with Gasteiger partial charge in [-0.15, -0.1) is 12.4 Å². The van der Waals surface area contributed by atoms with Crippen molar-refractivity contribution in [2.75, 3.05) is 27.2 Å². The molecule has 0 radical (unpaired) electrons. The van der Waals surface area contributed by atoms with E-state index in [1.165, 1.54) is 42.7 Å². The Hall–Kier alpha value is -0.710. The zero-order valence-corrected chi connectivity index (χ0v) is 14.8. The first-order chi connectivity index (χ1) is 9.65. The van der Waals surface area contributed by atoms with Gasteiger partial charge in [0.05, 0.1) is 9.79 Å². The van der Waals surface area contributed by atoms with Crippen LogP contribution in [0.3, 0.4) is 0 Å². The van der Waals surface area contributed by atoms with Gasteiger partial charge in [-0.3, -0.25) is 0 Å². The molecule has 1 saturated heterocycles. The molecule has 0 aliphatic carbocycles. The number of halogens is 1. The Balaban J connectivity index is 0.00000242. The maximum Gasteiger partial charge on any atom is 0.243 e. The van der Waals surface area contributed by atoms with Crippen molar-refractivity contribution in [1.82, 2.24) is 8.61 Å². The van der Waals surface area contributed by atoms with Gasteiger partial charge in [-0.2, -0.15) is 4.31 Å². The molecule has 0 spiro atoms. The molecule has 1 heterocycles. The molecule has 1 fully saturated rings. The SMILES string of the molecule is CN(C)S(=O)(=O)c1cccc(S(=O)(=O)N2CC[C@@H](N)C2)c1.Cl. The van der Waals surface area contributed by atoms with Crippen molar-refractivity contribution in [1.29, 1.82) is 0 Å². The lowest BCUT2D eigenvalue weighted by Crippen LogP contribution is -2.32. The first kappa shape index (κ1) is 19.3. The van der Waals surface area contributed by atoms with Gasteiger partial charge in [0.2, 0.25) is 20.0 Å². The van der Waals surface area contributed by atoms with Gasteiger partial charge in [0.25, 0.3) is 0 Å². The Morgan fingerprint density at radius 2 is 1.77 bits per heavy atom. The smallest absolute Gasteiger partial charge is 0.243 e. The standard InChI is InChI=1S/C12H19N3O4S2.ClH/c1-14(2)20(16,17)11-4-3-5-12(8-11)21(18,19)15-7-6-10(13)9-15;/h3-5,8,10H,6-7,9,13H2,1-2H3;1H/t10-;/m1./s1. The second kappa shape index (κ2) is 6.81. The summed E-state index contributed by atoms with van der Waals surface area (Å²) in [7, 11) is -4.58. The molecule has 22 heavy (non-hydrogen) atoms. The van der Waals surface area contributed by atoms with Crippen LogP contribution >= 0.6 is 12.4 Å². The van der Waals surface area contributed by atoms with Gasteiger partial charge >= 0.3 is 0 Å². The Morgan fingerprint density at radius 1 is 1.18 bits per heavy atom. The summed E-state index contributed by atoms with van der Waals surface area (Å²) in [6.07, 6.45) is 0.606. The summed E-state index contributed by atoms with van der Waals surface area (Å²) >= 11 is 0. The van der Waals surface area contributed by atoms with Crippen LogP contribution < -0.4 is 5.73 Å². The van der Waals surface area contributed by atoms with Crippen LogP contribution in [0.2, 0.25) is 0 Å². The maximum absolute atomic E-state index is 12.5. The van der Waals surface area contributed by atoms with Crippen molar-refractivity contribution in [2.24, 2.45) is 5.73 Å². The Bertz CT molecular complexity index is 734. The fourth-order valence-corrected chi connectivity index (χ4v) is 4.71. The van der Waals surface area contributed by atoms with Gasteiger partial charge in [-0.25, -0.2) is 21.1 Å². The predicted octanol–water partition coefficient (Wildman–Crippen LogP) is 0.0804. The maximum atomic E-state index is 12.5. The minimum Gasteiger partial charge on any atom is -0.326 e. The fraction of sp³-hybridized carbons (Fsp3) is 0.500. The first-order valence-electron chi connectivity index (χ1n) is 6.44. The molecule has 0 bridgehead atoms. The van der Waals surface area contributed by atoms with E-state index in [1.807, 2.05) is 0 Å². The summed E-state index contributed by atoms with van der Waals surface area (Å²) in [5.74, 6) is 0. The summed E-state index contributed by atoms with van der Waals surface area (Å²) in [5, 5.41) is 0. The molecule has 0 aromatic heterocycles. The molecular formula is C12H20ClN3O4S2. The number of hydrogen-bond donors (Lipinski definition) is 1. The quantitative estimate of drug-likeness (QED) is 0.810. The molecule has 126 valence electrons. The third-order valence-corrected chi connectivity index (χ3v) is 7.08. The van der Waals surface area contributed by atoms with Crippen LogP contribution in [0.25, 0.3) is 0 Å². The number of benzene rings is 1. The highest BCUT2D eigenvalue weighted by Gasteiger charge is 2.31. The Kier molecular flexibility index (Phi) is 5.99. The van der Waals surface area contributed by atoms with Gasteiger partial charge in [-0.1, -0.05) is 6.07 Å². The van der Waals surface area contributed by atoms with E-state index in [0.717, 1.165) is 4.31 Å². The van der Waals surface area contributed by atoms with Gasteiger partial charge in [0.1, 0.15) is 0 Å². The number of nitrogens with two attached hydrogens (primary N) is 1. The Labute approximate surface area is 137 Å². The lowest BCUT2D eigenvalue weighted by Gasteiger charge is -2.17. The lowest BCUT2D eigenvalue weighted by molar-refractivity contribution is 0.472. The van der Waals surface area contributed by atoms with Crippen LogP contribution in [0, 0.1) is 0 Å². The Morgan fingerprint density at radius 3 is 2.27 bits per heavy atom. The molecule has 0 unspecified atom stereocenters. The highest BCUT2D eigenvalue weighted by molar-refractivity contribution is 7.90. The van der Waals surface area contributed by atoms with E-state index in [1.54, 1.807) is 0 Å². The molecule has 0 saturated carbocycles. The van der Waals surface area contributed by atoms with Gasteiger partial charge in [0, 0.05) is 33.2 Å². The second-order valence-corrected chi connectivity index (χ2v) is 9.26. The van der Waals surface area contributed by atoms with E-state index in [9.17, 15) is 16.8 Å². The van der Waals surface area contributed by atoms with E-state index in [-0.39, 0.29) is 34.8 Å². The van der Waals surface area contributed by atoms with E-state index in [4.69, 9.17) is 5.73 Å². The van der Waals surface area contributed by atoms with E-state index >= 15 is 0 Å². The highest BCUT2D eigenvalue weighted by Crippen LogP contribution is 2.23. The van der Waals surface area contributed by atoms with Crippen LogP contribution in [0.1, 0.15) is 6.42 Å². The predicted molar refractivity (Wildman–Crippen MR) is 85.9 cm³/mol. The third kappa shape index (κ3) is 3.61. The van der Waals surface area contributed by atoms with Crippen molar-refractivity contribution in [3.63, 3.8) is 0 Å². The summed E-state index contributed by atoms with van der Waals surface area (Å²) in [6.45, 7) is 0.612. The monoisotopic (exact) mass is 369 g/mol. The largest absolute Gasteiger partial charge is 0.326 e. The minimum absolute atomic E-state index is 0. The fourth-order valence-electron chi connectivity index (χ4n) is 2.13. The molecule has 1 aliphatic rings. The van der Waals surface area contributed by atoms with Crippen LogP contribution in [0.15, 0.2) is 34.1 Å². The van der Waals surface area contributed by atoms with Gasteiger partial charge < -0.3 is 5.73 Å². The van der Waals surface area contributed by atoms with Crippen molar-refractivity contribution in [3.05, 3.63) is 24.3 Å². The van der Waals surface area contributed by atoms with E-state index in [0.29, 0.717) is 13.0 Å². The van der Waals surface area contributed by atoms with Crippen molar-refractivity contribution in [2.45, 2.75) is 22.3 Å². The average molecular weight is 370 g/mol. The molecule has 1 aromatic carbocycles. The summed E-state index contributed by atoms with van der Waals surface area (Å²) < 4.78 is 51.5. The highest BCUT2D eigenvalue weighted by atomic mass is 35.5. The topological polar surface area (TPSA) is 101 Å². The summed E-state index contributed by atoms with van der Waals surface area (Å²) in [6, 6.07) is 5.22. The molecule has 2 N–H and O–H groups in total. The minimum atomic E-state index is -3.71. The molecular weight excluding hydrogens is 350 g/mol. The van der Waals surface area contributed by atoms with Gasteiger partial charge in [0.15, 0.2) is 0 Å². The zero-order valence-electron chi connectivity index (χ0n) is 12.3. The third-order valence-electron chi connectivity index (χ3n) is 3.41. The van der Waals surface area contributed by atoms with Crippen LogP contribution in [-0.2, 0) is 20.0 Å². The number of hydrogen-bond acceptors (Lipinski definition) is 5. The van der Waals surface area contributed by atoms with Gasteiger partial charge in [-0.05, 0) is 24.6 Å². The number of sulfonamides is 2. The van der Waals surface area contributed by atoms with Crippen molar-refractivity contribution in [3.8, 4) is 0 Å². The lowest BCUT2D eigenvalue weighted by atomic mass is 10.3. The molecule has 1 aromatic rings. The molecule has 7 nitrogen and oxygen atoms in total. The van der Waals surface area contributed by atoms with Crippen molar-refractivity contribution < 1.29 is 16.8 Å². The molecule has 10 heteroatoms. The summed E-state index contributed by atoms with van der Waals surface area (Å²) in [4.78, 5) is -0.0726. The normalized spacial score (nSPS) is 20.1. The van der Waals surface area contributed by atoms with Crippen LogP contribution in [0.4, 0.5) is 0 Å². The molecule has 0 amide bonds. The number of nitrogens with zero attached hydrogens (tertiary/aromatic N) is 2. The summed E-state index contributed by atoms with van der Waals surface area (Å²) in [5.41, 5.74) is 5.73. The van der Waals surface area contributed by atoms with E-state index in [2.05, 4.69) is 0 Å². The van der Waals surface area contributed by atoms with Crippen molar-refractivity contribution >= 4 is 32.5 Å². The number of rotatable bonds is 4. The van der Waals surface area contributed by atoms with Crippen LogP contribution in [0.5, 0.6) is 0 Å². The molecule has 1 atom stereocenters. The average Bonchev–Trinajstić information content (AvgIpc) is 2.86. The second-order valence-electron chi connectivity index (χ2n) is 5.17. The molecule has 2 rings (SSSR count). The molecule has 1 aliphatic heterocycles. The van der Waals surface area contributed by atoms with E-state index < -0.39 is 20.0 Å². The first-order valence-corrected chi connectivity index (χ1v) is 9.32. The van der Waals surface area contributed by atoms with Crippen LogP contribution in [-0.4, -0.2) is 58.7 Å².